The number of nitrogens with one attached hydrogen (secondary N) is 2. The van der Waals surface area contributed by atoms with Gasteiger partial charge in [0.1, 0.15) is 5.82 Å². The Morgan fingerprint density at radius 1 is 1.30 bits per heavy atom. The highest BCUT2D eigenvalue weighted by Crippen LogP contribution is 2.31. The Morgan fingerprint density at radius 2 is 2.13 bits per heavy atom. The number of furan rings is 1. The maximum Gasteiger partial charge on any atom is 0.286 e. The minimum atomic E-state index is -0.321. The maximum atomic E-state index is 12.0. The number of nitrogens with zero attached hydrogens (tertiary/aromatic N) is 2. The number of carbonyl (C=O) groups excluding carboxylic acids is 2. The van der Waals surface area contributed by atoms with E-state index in [1.54, 1.807) is 24.4 Å². The van der Waals surface area contributed by atoms with E-state index in [1.807, 2.05) is 4.68 Å². The van der Waals surface area contributed by atoms with Crippen molar-refractivity contribution in [3.8, 4) is 0 Å². The Labute approximate surface area is 134 Å². The Hall–Kier alpha value is -2.57. The molecule has 2 amide bonds. The quantitative estimate of drug-likeness (QED) is 0.856. The van der Waals surface area contributed by atoms with Crippen LogP contribution in [0.3, 0.4) is 0 Å². The third-order valence-electron chi connectivity index (χ3n) is 3.99. The summed E-state index contributed by atoms with van der Waals surface area (Å²) in [5.74, 6) is 0.493. The lowest BCUT2D eigenvalue weighted by Crippen LogP contribution is -2.27. The predicted molar refractivity (Wildman–Crippen MR) is 84.0 cm³/mol. The monoisotopic (exact) mass is 316 g/mol. The molecule has 2 aromatic heterocycles. The van der Waals surface area contributed by atoms with E-state index in [4.69, 9.17) is 4.42 Å². The van der Waals surface area contributed by atoms with Crippen molar-refractivity contribution in [2.24, 2.45) is 0 Å². The van der Waals surface area contributed by atoms with E-state index in [1.165, 1.54) is 19.1 Å². The largest absolute Gasteiger partial charge is 0.459 e. The highest BCUT2D eigenvalue weighted by molar-refractivity contribution is 5.93. The smallest absolute Gasteiger partial charge is 0.286 e. The third-order valence-corrected chi connectivity index (χ3v) is 3.99. The lowest BCUT2D eigenvalue weighted by Gasteiger charge is -2.14. The number of rotatable bonds is 6. The fourth-order valence-corrected chi connectivity index (χ4v) is 2.84. The van der Waals surface area contributed by atoms with E-state index in [0.29, 0.717) is 6.04 Å². The molecular formula is C16H20N4O3. The molecule has 0 unspecified atom stereocenters. The van der Waals surface area contributed by atoms with Crippen LogP contribution in [0.1, 0.15) is 48.7 Å². The first-order valence-corrected chi connectivity index (χ1v) is 7.89. The van der Waals surface area contributed by atoms with Crippen molar-refractivity contribution in [3.63, 3.8) is 0 Å². The summed E-state index contributed by atoms with van der Waals surface area (Å²) in [6.45, 7) is 0.253. The number of hydrogen-bond donors (Lipinski definition) is 2. The summed E-state index contributed by atoms with van der Waals surface area (Å²) in [6.07, 6.45) is 7.95. The minimum absolute atomic E-state index is 0.149. The second kappa shape index (κ2) is 7.13. The molecule has 122 valence electrons. The Morgan fingerprint density at radius 3 is 2.87 bits per heavy atom. The third kappa shape index (κ3) is 3.80. The van der Waals surface area contributed by atoms with Crippen molar-refractivity contribution in [3.05, 3.63) is 36.4 Å². The van der Waals surface area contributed by atoms with Crippen LogP contribution in [0.4, 0.5) is 5.82 Å². The van der Waals surface area contributed by atoms with Gasteiger partial charge in [-0.3, -0.25) is 9.59 Å². The molecule has 0 saturated heterocycles. The molecular weight excluding hydrogens is 296 g/mol. The maximum absolute atomic E-state index is 12.0. The first kappa shape index (κ1) is 15.3. The van der Waals surface area contributed by atoms with Crippen LogP contribution < -0.4 is 10.6 Å². The molecule has 2 aromatic rings. The fourth-order valence-electron chi connectivity index (χ4n) is 2.84. The topological polar surface area (TPSA) is 89.2 Å². The molecule has 1 saturated carbocycles. The molecule has 0 spiro atoms. The van der Waals surface area contributed by atoms with Crippen LogP contribution in [0.15, 0.2) is 35.1 Å². The molecule has 7 nitrogen and oxygen atoms in total. The van der Waals surface area contributed by atoms with Gasteiger partial charge in [0.25, 0.3) is 5.91 Å². The van der Waals surface area contributed by atoms with Gasteiger partial charge in [0.05, 0.1) is 18.5 Å². The van der Waals surface area contributed by atoms with Crippen LogP contribution in [-0.2, 0) is 4.79 Å². The van der Waals surface area contributed by atoms with Gasteiger partial charge < -0.3 is 15.1 Å². The van der Waals surface area contributed by atoms with Crippen LogP contribution in [0.5, 0.6) is 0 Å². The Kier molecular flexibility index (Phi) is 4.75. The summed E-state index contributed by atoms with van der Waals surface area (Å²) in [5.41, 5.74) is 0. The standard InChI is InChI=1S/C16H20N4O3/c21-15(8-9-17-16(22)13-6-3-11-23-13)19-14-7-10-18-20(14)12-4-1-2-5-12/h3,6-7,10-12H,1-2,4-5,8-9H2,(H,17,22)(H,19,21). The second-order valence-corrected chi connectivity index (χ2v) is 5.63. The van der Waals surface area contributed by atoms with Crippen LogP contribution >= 0.6 is 0 Å². The lowest BCUT2D eigenvalue weighted by atomic mass is 10.2. The second-order valence-electron chi connectivity index (χ2n) is 5.63. The molecule has 1 fully saturated rings. The van der Waals surface area contributed by atoms with E-state index >= 15 is 0 Å². The number of aromatic nitrogens is 2. The van der Waals surface area contributed by atoms with Crippen molar-refractivity contribution in [1.82, 2.24) is 15.1 Å². The fraction of sp³-hybridized carbons (Fsp3) is 0.438. The highest BCUT2D eigenvalue weighted by Gasteiger charge is 2.20. The van der Waals surface area contributed by atoms with E-state index in [-0.39, 0.29) is 30.5 Å². The summed E-state index contributed by atoms with van der Waals surface area (Å²) in [4.78, 5) is 23.7. The molecule has 1 aliphatic rings. The van der Waals surface area contributed by atoms with Crippen molar-refractivity contribution in [1.29, 1.82) is 0 Å². The number of anilines is 1. The average Bonchev–Trinajstić information content (AvgIpc) is 3.29. The number of hydrogen-bond acceptors (Lipinski definition) is 4. The van der Waals surface area contributed by atoms with Crippen LogP contribution in [-0.4, -0.2) is 28.1 Å². The van der Waals surface area contributed by atoms with E-state index < -0.39 is 0 Å². The van der Waals surface area contributed by atoms with Gasteiger partial charge in [0, 0.05) is 19.0 Å². The molecule has 23 heavy (non-hydrogen) atoms. The van der Waals surface area contributed by atoms with Crippen molar-refractivity contribution in [2.45, 2.75) is 38.1 Å². The van der Waals surface area contributed by atoms with Gasteiger partial charge in [-0.1, -0.05) is 12.8 Å². The summed E-state index contributed by atoms with van der Waals surface area (Å²) in [7, 11) is 0. The minimum Gasteiger partial charge on any atom is -0.459 e. The van der Waals surface area contributed by atoms with Crippen LogP contribution in [0, 0.1) is 0 Å². The summed E-state index contributed by atoms with van der Waals surface area (Å²) in [6, 6.07) is 5.40. The Bertz CT molecular complexity index is 657. The van der Waals surface area contributed by atoms with E-state index in [9.17, 15) is 9.59 Å². The SMILES string of the molecule is O=C(CCNC(=O)c1ccco1)Nc1ccnn1C1CCCC1. The van der Waals surface area contributed by atoms with Crippen molar-refractivity contribution in [2.75, 3.05) is 11.9 Å². The van der Waals surface area contributed by atoms with Crippen LogP contribution in [0.25, 0.3) is 0 Å². The zero-order chi connectivity index (χ0) is 16.1. The molecule has 1 aliphatic carbocycles. The van der Waals surface area contributed by atoms with E-state index in [0.717, 1.165) is 18.7 Å². The first-order chi connectivity index (χ1) is 11.2. The Balaban J connectivity index is 1.46. The van der Waals surface area contributed by atoms with Gasteiger partial charge in [-0.2, -0.15) is 5.10 Å². The predicted octanol–water partition coefficient (Wildman–Crippen LogP) is 2.35. The van der Waals surface area contributed by atoms with Gasteiger partial charge in [-0.05, 0) is 25.0 Å². The summed E-state index contributed by atoms with van der Waals surface area (Å²) in [5, 5.41) is 9.83. The molecule has 0 aliphatic heterocycles. The van der Waals surface area contributed by atoms with Crippen molar-refractivity contribution < 1.29 is 14.0 Å². The highest BCUT2D eigenvalue weighted by atomic mass is 16.3. The zero-order valence-electron chi connectivity index (χ0n) is 12.8. The van der Waals surface area contributed by atoms with Crippen LogP contribution in [0.2, 0.25) is 0 Å². The average molecular weight is 316 g/mol. The first-order valence-electron chi connectivity index (χ1n) is 7.89. The number of carbonyl (C=O) groups is 2. The molecule has 2 N–H and O–H groups in total. The number of amides is 2. The van der Waals surface area contributed by atoms with Crippen molar-refractivity contribution >= 4 is 17.6 Å². The zero-order valence-corrected chi connectivity index (χ0v) is 12.8. The van der Waals surface area contributed by atoms with Gasteiger partial charge in [0.15, 0.2) is 5.76 Å². The van der Waals surface area contributed by atoms with Gasteiger partial charge in [-0.25, -0.2) is 4.68 Å². The van der Waals surface area contributed by atoms with Gasteiger partial charge in [-0.15, -0.1) is 0 Å². The molecule has 3 rings (SSSR count). The molecule has 0 aromatic carbocycles. The summed E-state index contributed by atoms with van der Waals surface area (Å²) < 4.78 is 6.88. The van der Waals surface area contributed by atoms with E-state index in [2.05, 4.69) is 15.7 Å². The van der Waals surface area contributed by atoms with Gasteiger partial charge in [0.2, 0.25) is 5.91 Å². The molecule has 2 heterocycles. The normalized spacial score (nSPS) is 14.8. The molecule has 0 atom stereocenters. The molecule has 0 bridgehead atoms. The molecule has 0 radical (unpaired) electrons. The summed E-state index contributed by atoms with van der Waals surface area (Å²) >= 11 is 0. The lowest BCUT2D eigenvalue weighted by molar-refractivity contribution is -0.116. The molecule has 7 heteroatoms. The van der Waals surface area contributed by atoms with Gasteiger partial charge >= 0.3 is 0 Å².